The highest BCUT2D eigenvalue weighted by molar-refractivity contribution is 7.17. The molecule has 1 aromatic heterocycles. The van der Waals surface area contributed by atoms with E-state index in [1.54, 1.807) is 11.0 Å². The highest BCUT2D eigenvalue weighted by Gasteiger charge is 2.31. The quantitative estimate of drug-likeness (QED) is 0.489. The molecule has 0 aliphatic carbocycles. The first kappa shape index (κ1) is 23.1. The summed E-state index contributed by atoms with van der Waals surface area (Å²) in [6.45, 7) is 6.15. The van der Waals surface area contributed by atoms with E-state index in [9.17, 15) is 18.0 Å². The fourth-order valence-corrected chi connectivity index (χ4v) is 4.81. The van der Waals surface area contributed by atoms with Gasteiger partial charge in [0.15, 0.2) is 0 Å². The fourth-order valence-electron chi connectivity index (χ4n) is 3.77. The van der Waals surface area contributed by atoms with Crippen molar-refractivity contribution in [2.24, 2.45) is 0 Å². The molecule has 1 saturated heterocycles. The Hall–Kier alpha value is -3.07. The Kier molecular flexibility index (Phi) is 6.60. The van der Waals surface area contributed by atoms with Gasteiger partial charge in [-0.05, 0) is 56.3 Å². The van der Waals surface area contributed by atoms with E-state index in [-0.39, 0.29) is 5.91 Å². The van der Waals surface area contributed by atoms with Crippen LogP contribution in [-0.2, 0) is 6.18 Å². The van der Waals surface area contributed by atoms with Crippen molar-refractivity contribution >= 4 is 22.9 Å². The molecule has 0 spiro atoms. The Morgan fingerprint density at radius 3 is 2.42 bits per heavy atom. The summed E-state index contributed by atoms with van der Waals surface area (Å²) >= 11 is 1.35. The number of thiazole rings is 1. The zero-order chi connectivity index (χ0) is 23.6. The highest BCUT2D eigenvalue weighted by atomic mass is 32.1. The smallest absolute Gasteiger partial charge is 0.416 e. The lowest BCUT2D eigenvalue weighted by molar-refractivity contribution is -0.137. The minimum absolute atomic E-state index is 0.0918. The Morgan fingerprint density at radius 2 is 1.79 bits per heavy atom. The molecular weight excluding hydrogens is 451 g/mol. The average molecular weight is 476 g/mol. The number of aromatic nitrogens is 1. The number of hydrogen-bond acceptors (Lipinski definition) is 5. The van der Waals surface area contributed by atoms with Gasteiger partial charge >= 0.3 is 6.18 Å². The van der Waals surface area contributed by atoms with E-state index < -0.39 is 11.7 Å². The Bertz CT molecular complexity index is 1120. The fraction of sp³-hybridized carbons (Fsp3) is 0.333. The number of nitrogens with zero attached hydrogens (tertiary/aromatic N) is 3. The molecule has 0 saturated carbocycles. The van der Waals surface area contributed by atoms with Crippen molar-refractivity contribution in [3.05, 3.63) is 64.7 Å². The van der Waals surface area contributed by atoms with Crippen molar-refractivity contribution in [3.63, 3.8) is 0 Å². The molecule has 1 aliphatic rings. The van der Waals surface area contributed by atoms with Gasteiger partial charge in [0.2, 0.25) is 0 Å². The summed E-state index contributed by atoms with van der Waals surface area (Å²) in [4.78, 5) is 21.9. The number of benzene rings is 2. The van der Waals surface area contributed by atoms with Gasteiger partial charge in [-0.2, -0.15) is 13.2 Å². The summed E-state index contributed by atoms with van der Waals surface area (Å²) in [7, 11) is 0. The predicted octanol–water partition coefficient (Wildman–Crippen LogP) is 5.50. The van der Waals surface area contributed by atoms with Gasteiger partial charge in [-0.15, -0.1) is 11.3 Å². The Morgan fingerprint density at radius 1 is 1.09 bits per heavy atom. The summed E-state index contributed by atoms with van der Waals surface area (Å²) in [6, 6.07) is 12.9. The Labute approximate surface area is 194 Å². The van der Waals surface area contributed by atoms with Crippen LogP contribution in [0.25, 0.3) is 10.6 Å². The SMILES string of the molecule is CCOc1ccc(-c2nc(C)c(C(=O)N3CCN(c4cccc(C(F)(F)F)c4)CC3)s2)cc1. The van der Waals surface area contributed by atoms with Crippen LogP contribution in [0.2, 0.25) is 0 Å². The molecule has 174 valence electrons. The van der Waals surface area contributed by atoms with E-state index in [1.807, 2.05) is 43.0 Å². The summed E-state index contributed by atoms with van der Waals surface area (Å²) in [6.07, 6.45) is -4.38. The summed E-state index contributed by atoms with van der Waals surface area (Å²) in [5.41, 5.74) is 1.44. The van der Waals surface area contributed by atoms with Crippen LogP contribution < -0.4 is 9.64 Å². The number of amides is 1. The van der Waals surface area contributed by atoms with Gasteiger partial charge in [0.05, 0.1) is 17.9 Å². The number of carbonyl (C=O) groups is 1. The molecule has 3 aromatic rings. The number of alkyl halides is 3. The van der Waals surface area contributed by atoms with Crippen LogP contribution in [-0.4, -0.2) is 48.6 Å². The minimum atomic E-state index is -4.38. The lowest BCUT2D eigenvalue weighted by atomic mass is 10.1. The maximum absolute atomic E-state index is 13.1. The van der Waals surface area contributed by atoms with Crippen molar-refractivity contribution in [1.29, 1.82) is 0 Å². The summed E-state index contributed by atoms with van der Waals surface area (Å²) in [5.74, 6) is 0.690. The second kappa shape index (κ2) is 9.43. The molecular formula is C24H24F3N3O2S. The largest absolute Gasteiger partial charge is 0.494 e. The van der Waals surface area contributed by atoms with Gasteiger partial charge in [0.25, 0.3) is 5.91 Å². The van der Waals surface area contributed by atoms with E-state index in [1.165, 1.54) is 17.4 Å². The number of piperazine rings is 1. The van der Waals surface area contributed by atoms with Crippen molar-refractivity contribution in [2.75, 3.05) is 37.7 Å². The molecule has 1 aliphatic heterocycles. The zero-order valence-corrected chi connectivity index (χ0v) is 19.2. The third-order valence-corrected chi connectivity index (χ3v) is 6.70. The van der Waals surface area contributed by atoms with Gasteiger partial charge < -0.3 is 14.5 Å². The molecule has 0 radical (unpaired) electrons. The zero-order valence-electron chi connectivity index (χ0n) is 18.4. The van der Waals surface area contributed by atoms with E-state index in [0.29, 0.717) is 49.0 Å². The molecule has 5 nitrogen and oxygen atoms in total. The standard InChI is InChI=1S/C24H24F3N3O2S/c1-3-32-20-9-7-17(8-10-20)22-28-16(2)21(33-22)23(31)30-13-11-29(12-14-30)19-6-4-5-18(15-19)24(25,26)27/h4-10,15H,3,11-14H2,1-2H3. The molecule has 9 heteroatoms. The van der Waals surface area contributed by atoms with Gasteiger partial charge in [-0.1, -0.05) is 6.07 Å². The number of ether oxygens (including phenoxy) is 1. The Balaban J connectivity index is 1.43. The number of aryl methyl sites for hydroxylation is 1. The number of anilines is 1. The molecule has 0 unspecified atom stereocenters. The highest BCUT2D eigenvalue weighted by Crippen LogP contribution is 2.33. The van der Waals surface area contributed by atoms with Crippen molar-refractivity contribution in [3.8, 4) is 16.3 Å². The van der Waals surface area contributed by atoms with Gasteiger partial charge in [-0.25, -0.2) is 4.98 Å². The second-order valence-electron chi connectivity index (χ2n) is 7.72. The summed E-state index contributed by atoms with van der Waals surface area (Å²) < 4.78 is 44.5. The number of halogens is 3. The van der Waals surface area contributed by atoms with Gasteiger partial charge in [0.1, 0.15) is 15.6 Å². The van der Waals surface area contributed by atoms with Crippen LogP contribution in [0.5, 0.6) is 5.75 Å². The van der Waals surface area contributed by atoms with Crippen LogP contribution in [0.3, 0.4) is 0 Å². The molecule has 0 bridgehead atoms. The third kappa shape index (κ3) is 5.13. The number of carbonyl (C=O) groups excluding carboxylic acids is 1. The second-order valence-corrected chi connectivity index (χ2v) is 8.72. The van der Waals surface area contributed by atoms with Crippen molar-refractivity contribution in [2.45, 2.75) is 20.0 Å². The van der Waals surface area contributed by atoms with E-state index in [4.69, 9.17) is 4.74 Å². The van der Waals surface area contributed by atoms with Crippen LogP contribution in [0, 0.1) is 6.92 Å². The van der Waals surface area contributed by atoms with Crippen molar-refractivity contribution < 1.29 is 22.7 Å². The lowest BCUT2D eigenvalue weighted by Crippen LogP contribution is -2.48. The topological polar surface area (TPSA) is 45.7 Å². The minimum Gasteiger partial charge on any atom is -0.494 e. The normalized spacial score (nSPS) is 14.5. The first-order chi connectivity index (χ1) is 15.8. The van der Waals surface area contributed by atoms with Crippen LogP contribution >= 0.6 is 11.3 Å². The molecule has 33 heavy (non-hydrogen) atoms. The van der Waals surface area contributed by atoms with Crippen LogP contribution in [0.1, 0.15) is 27.9 Å². The van der Waals surface area contributed by atoms with E-state index >= 15 is 0 Å². The van der Waals surface area contributed by atoms with Crippen molar-refractivity contribution in [1.82, 2.24) is 9.88 Å². The van der Waals surface area contributed by atoms with Gasteiger partial charge in [0, 0.05) is 37.4 Å². The molecule has 2 aromatic carbocycles. The summed E-state index contributed by atoms with van der Waals surface area (Å²) in [5, 5.41) is 0.765. The molecule has 1 fully saturated rings. The number of hydrogen-bond donors (Lipinski definition) is 0. The van der Waals surface area contributed by atoms with E-state index in [0.717, 1.165) is 28.5 Å². The number of rotatable bonds is 5. The van der Waals surface area contributed by atoms with E-state index in [2.05, 4.69) is 4.98 Å². The lowest BCUT2D eigenvalue weighted by Gasteiger charge is -2.36. The molecule has 2 heterocycles. The third-order valence-electron chi connectivity index (χ3n) is 5.51. The van der Waals surface area contributed by atoms with Gasteiger partial charge in [-0.3, -0.25) is 4.79 Å². The first-order valence-corrected chi connectivity index (χ1v) is 11.5. The first-order valence-electron chi connectivity index (χ1n) is 10.7. The maximum Gasteiger partial charge on any atom is 0.416 e. The molecule has 0 atom stereocenters. The van der Waals surface area contributed by atoms with Crippen LogP contribution in [0.15, 0.2) is 48.5 Å². The molecule has 4 rings (SSSR count). The van der Waals surface area contributed by atoms with Crippen LogP contribution in [0.4, 0.5) is 18.9 Å². The molecule has 1 amide bonds. The molecule has 0 N–H and O–H groups in total. The predicted molar refractivity (Wildman–Crippen MR) is 123 cm³/mol. The average Bonchev–Trinajstić information content (AvgIpc) is 3.20. The maximum atomic E-state index is 13.1. The monoisotopic (exact) mass is 475 g/mol.